The highest BCUT2D eigenvalue weighted by Gasteiger charge is 2.09. The topological polar surface area (TPSA) is 55.1 Å². The first-order valence-electron chi connectivity index (χ1n) is 6.51. The number of thioether (sulfide) groups is 1. The first kappa shape index (κ1) is 15.7. The maximum atomic E-state index is 12.1. The third-order valence-corrected chi connectivity index (χ3v) is 4.56. The molecule has 0 heterocycles. The minimum absolute atomic E-state index is 0.0507. The minimum atomic E-state index is -0.0507. The van der Waals surface area contributed by atoms with E-state index in [0.717, 1.165) is 21.7 Å². The van der Waals surface area contributed by atoms with Gasteiger partial charge in [0.2, 0.25) is 5.91 Å². The number of para-hydroxylation sites is 1. The van der Waals surface area contributed by atoms with E-state index in [-0.39, 0.29) is 5.91 Å². The minimum Gasteiger partial charge on any atom is -0.399 e. The Balaban J connectivity index is 1.99. The number of carbonyl (C=O) groups excluding carboxylic acids is 1. The number of aryl methyl sites for hydroxylation is 2. The number of nitrogen functional groups attached to an aromatic ring is 1. The summed E-state index contributed by atoms with van der Waals surface area (Å²) in [4.78, 5) is 12.9. The Bertz CT molecular complexity index is 653. The molecule has 0 aliphatic heterocycles. The molecule has 3 N–H and O–H groups in total. The van der Waals surface area contributed by atoms with Crippen molar-refractivity contribution in [3.05, 3.63) is 52.5 Å². The number of hydrogen-bond acceptors (Lipinski definition) is 3. The molecule has 2 aromatic rings. The lowest BCUT2D eigenvalue weighted by Gasteiger charge is -2.11. The second-order valence-electron chi connectivity index (χ2n) is 4.79. The molecule has 5 heteroatoms. The number of rotatable bonds is 4. The fourth-order valence-corrected chi connectivity index (χ4v) is 3.04. The van der Waals surface area contributed by atoms with Gasteiger partial charge < -0.3 is 11.1 Å². The van der Waals surface area contributed by atoms with E-state index in [0.29, 0.717) is 16.5 Å². The number of nitrogens with two attached hydrogens (primary N) is 1. The van der Waals surface area contributed by atoms with Crippen LogP contribution >= 0.6 is 23.4 Å². The lowest BCUT2D eigenvalue weighted by molar-refractivity contribution is -0.113. The van der Waals surface area contributed by atoms with Crippen molar-refractivity contribution in [3.63, 3.8) is 0 Å². The maximum Gasteiger partial charge on any atom is 0.234 e. The van der Waals surface area contributed by atoms with E-state index in [1.54, 1.807) is 12.1 Å². The Kier molecular flexibility index (Phi) is 5.15. The zero-order chi connectivity index (χ0) is 15.4. The predicted octanol–water partition coefficient (Wildman–Crippen LogP) is 4.27. The molecule has 0 spiro atoms. The lowest BCUT2D eigenvalue weighted by Crippen LogP contribution is -2.15. The van der Waals surface area contributed by atoms with Crippen molar-refractivity contribution in [2.75, 3.05) is 16.8 Å². The van der Waals surface area contributed by atoms with Crippen molar-refractivity contribution in [1.82, 2.24) is 0 Å². The standard InChI is InChI=1S/C16H17ClN2OS/c1-10-4-3-5-11(2)16(10)19-15(20)9-21-14-7-6-12(18)8-13(14)17/h3-8H,9,18H2,1-2H3,(H,19,20). The number of halogens is 1. The molecule has 21 heavy (non-hydrogen) atoms. The van der Waals surface area contributed by atoms with Crippen LogP contribution in [0.4, 0.5) is 11.4 Å². The van der Waals surface area contributed by atoms with E-state index in [9.17, 15) is 4.79 Å². The quantitative estimate of drug-likeness (QED) is 0.653. The van der Waals surface area contributed by atoms with E-state index in [4.69, 9.17) is 17.3 Å². The van der Waals surface area contributed by atoms with Crippen molar-refractivity contribution in [3.8, 4) is 0 Å². The van der Waals surface area contributed by atoms with Gasteiger partial charge in [-0.2, -0.15) is 0 Å². The molecule has 0 saturated carbocycles. The molecule has 0 atom stereocenters. The van der Waals surface area contributed by atoms with Crippen LogP contribution in [0.1, 0.15) is 11.1 Å². The Labute approximate surface area is 133 Å². The van der Waals surface area contributed by atoms with Crippen LogP contribution in [0.25, 0.3) is 0 Å². The first-order valence-corrected chi connectivity index (χ1v) is 7.87. The van der Waals surface area contributed by atoms with Crippen LogP contribution in [0.5, 0.6) is 0 Å². The molecule has 110 valence electrons. The van der Waals surface area contributed by atoms with Crippen molar-refractivity contribution in [1.29, 1.82) is 0 Å². The fraction of sp³-hybridized carbons (Fsp3) is 0.188. The number of hydrogen-bond donors (Lipinski definition) is 2. The van der Waals surface area contributed by atoms with Gasteiger partial charge in [0.05, 0.1) is 10.8 Å². The summed E-state index contributed by atoms with van der Waals surface area (Å²) >= 11 is 7.49. The second kappa shape index (κ2) is 6.87. The smallest absolute Gasteiger partial charge is 0.234 e. The van der Waals surface area contributed by atoms with Gasteiger partial charge in [0.1, 0.15) is 0 Å². The SMILES string of the molecule is Cc1cccc(C)c1NC(=O)CSc1ccc(N)cc1Cl. The van der Waals surface area contributed by atoms with Gasteiger partial charge in [-0.3, -0.25) is 4.79 Å². The molecule has 0 bridgehead atoms. The Hall–Kier alpha value is -1.65. The van der Waals surface area contributed by atoms with Crippen molar-refractivity contribution in [2.24, 2.45) is 0 Å². The van der Waals surface area contributed by atoms with Gasteiger partial charge in [-0.15, -0.1) is 11.8 Å². The van der Waals surface area contributed by atoms with Crippen LogP contribution in [-0.2, 0) is 4.79 Å². The van der Waals surface area contributed by atoms with Gasteiger partial charge in [0.15, 0.2) is 0 Å². The fourth-order valence-electron chi connectivity index (χ4n) is 1.96. The van der Waals surface area contributed by atoms with Gasteiger partial charge in [0, 0.05) is 16.3 Å². The predicted molar refractivity (Wildman–Crippen MR) is 91.1 cm³/mol. The molecule has 0 aliphatic carbocycles. The van der Waals surface area contributed by atoms with Crippen LogP contribution < -0.4 is 11.1 Å². The molecule has 0 unspecified atom stereocenters. The molecule has 2 rings (SSSR count). The summed E-state index contributed by atoms with van der Waals surface area (Å²) in [5.74, 6) is 0.252. The van der Waals surface area contributed by atoms with Gasteiger partial charge in [-0.05, 0) is 43.2 Å². The monoisotopic (exact) mass is 320 g/mol. The maximum absolute atomic E-state index is 12.1. The van der Waals surface area contributed by atoms with Crippen LogP contribution in [0.2, 0.25) is 5.02 Å². The molecule has 0 saturated heterocycles. The average Bonchev–Trinajstić information content (AvgIpc) is 2.42. The molecule has 0 aromatic heterocycles. The summed E-state index contributed by atoms with van der Waals surface area (Å²) in [5.41, 5.74) is 9.25. The molecular weight excluding hydrogens is 304 g/mol. The molecule has 0 aliphatic rings. The van der Waals surface area contributed by atoms with Crippen molar-refractivity contribution >= 4 is 40.6 Å². The van der Waals surface area contributed by atoms with E-state index in [1.807, 2.05) is 38.1 Å². The highest BCUT2D eigenvalue weighted by Crippen LogP contribution is 2.29. The molecule has 2 aromatic carbocycles. The zero-order valence-corrected chi connectivity index (χ0v) is 13.5. The van der Waals surface area contributed by atoms with E-state index in [2.05, 4.69) is 5.32 Å². The number of amides is 1. The zero-order valence-electron chi connectivity index (χ0n) is 11.9. The van der Waals surface area contributed by atoms with E-state index < -0.39 is 0 Å². The van der Waals surface area contributed by atoms with Gasteiger partial charge in [-0.25, -0.2) is 0 Å². The Morgan fingerprint density at radius 2 is 1.90 bits per heavy atom. The molecule has 1 amide bonds. The van der Waals surface area contributed by atoms with Crippen LogP contribution in [0, 0.1) is 13.8 Å². The summed E-state index contributed by atoms with van der Waals surface area (Å²) in [5, 5.41) is 3.52. The molecule has 3 nitrogen and oxygen atoms in total. The number of nitrogens with one attached hydrogen (secondary N) is 1. The molecule has 0 fully saturated rings. The normalized spacial score (nSPS) is 10.4. The van der Waals surface area contributed by atoms with Crippen LogP contribution in [0.3, 0.4) is 0 Å². The van der Waals surface area contributed by atoms with Crippen molar-refractivity contribution < 1.29 is 4.79 Å². The molecular formula is C16H17ClN2OS. The Morgan fingerprint density at radius 3 is 2.52 bits per heavy atom. The van der Waals surface area contributed by atoms with E-state index >= 15 is 0 Å². The average molecular weight is 321 g/mol. The Morgan fingerprint density at radius 1 is 1.24 bits per heavy atom. The summed E-state index contributed by atoms with van der Waals surface area (Å²) < 4.78 is 0. The molecule has 0 radical (unpaired) electrons. The number of carbonyl (C=O) groups is 1. The van der Waals surface area contributed by atoms with E-state index in [1.165, 1.54) is 11.8 Å². The number of benzene rings is 2. The first-order chi connectivity index (χ1) is 9.97. The summed E-state index contributed by atoms with van der Waals surface area (Å²) in [6.07, 6.45) is 0. The van der Waals surface area contributed by atoms with Gasteiger partial charge in [-0.1, -0.05) is 29.8 Å². The second-order valence-corrected chi connectivity index (χ2v) is 6.22. The lowest BCUT2D eigenvalue weighted by atomic mass is 10.1. The highest BCUT2D eigenvalue weighted by atomic mass is 35.5. The summed E-state index contributed by atoms with van der Waals surface area (Å²) in [6.45, 7) is 3.96. The summed E-state index contributed by atoms with van der Waals surface area (Å²) in [6, 6.07) is 11.2. The van der Waals surface area contributed by atoms with Gasteiger partial charge >= 0.3 is 0 Å². The third-order valence-electron chi connectivity index (χ3n) is 3.06. The third kappa shape index (κ3) is 4.16. The van der Waals surface area contributed by atoms with Crippen LogP contribution in [-0.4, -0.2) is 11.7 Å². The number of anilines is 2. The van der Waals surface area contributed by atoms with Crippen molar-refractivity contribution in [2.45, 2.75) is 18.7 Å². The highest BCUT2D eigenvalue weighted by molar-refractivity contribution is 8.00. The summed E-state index contributed by atoms with van der Waals surface area (Å²) in [7, 11) is 0. The van der Waals surface area contributed by atoms with Gasteiger partial charge in [0.25, 0.3) is 0 Å². The van der Waals surface area contributed by atoms with Crippen LogP contribution in [0.15, 0.2) is 41.3 Å². The largest absolute Gasteiger partial charge is 0.399 e.